The van der Waals surface area contributed by atoms with Crippen LogP contribution in [0.3, 0.4) is 0 Å². The van der Waals surface area contributed by atoms with Crippen molar-refractivity contribution in [1.82, 2.24) is 4.90 Å². The van der Waals surface area contributed by atoms with Crippen molar-refractivity contribution < 1.29 is 5.11 Å². The molecule has 1 aliphatic rings. The van der Waals surface area contributed by atoms with Gasteiger partial charge in [0, 0.05) is 44.5 Å². The number of nitrogens with zero attached hydrogens (tertiary/aromatic N) is 2. The molecule has 0 amide bonds. The van der Waals surface area contributed by atoms with Crippen LogP contribution in [0.4, 0.5) is 5.69 Å². The van der Waals surface area contributed by atoms with Crippen LogP contribution >= 0.6 is 0 Å². The molecule has 3 heteroatoms. The Bertz CT molecular complexity index is 353. The van der Waals surface area contributed by atoms with E-state index in [9.17, 15) is 0 Å². The van der Waals surface area contributed by atoms with Crippen LogP contribution in [0.1, 0.15) is 19.4 Å². The lowest BCUT2D eigenvalue weighted by atomic mass is 10.1. The van der Waals surface area contributed by atoms with Gasteiger partial charge in [-0.25, -0.2) is 0 Å². The van der Waals surface area contributed by atoms with Gasteiger partial charge in [-0.15, -0.1) is 0 Å². The zero-order chi connectivity index (χ0) is 13.0. The van der Waals surface area contributed by atoms with Gasteiger partial charge >= 0.3 is 0 Å². The second kappa shape index (κ2) is 6.21. The number of aliphatic hydroxyl groups excluding tert-OH is 1. The maximum atomic E-state index is 8.90. The van der Waals surface area contributed by atoms with Crippen LogP contribution in [-0.4, -0.2) is 48.8 Å². The molecule has 0 atom stereocenters. The molecule has 1 fully saturated rings. The molecule has 1 N–H and O–H groups in total. The van der Waals surface area contributed by atoms with Crippen molar-refractivity contribution >= 4 is 5.69 Å². The summed E-state index contributed by atoms with van der Waals surface area (Å²) in [6.07, 6.45) is 0.751. The molecule has 0 bridgehead atoms. The highest BCUT2D eigenvalue weighted by Crippen LogP contribution is 2.18. The number of benzene rings is 1. The van der Waals surface area contributed by atoms with Crippen LogP contribution in [0, 0.1) is 0 Å². The lowest BCUT2D eigenvalue weighted by Crippen LogP contribution is -2.48. The van der Waals surface area contributed by atoms with Crippen LogP contribution in [0.25, 0.3) is 0 Å². The van der Waals surface area contributed by atoms with Crippen LogP contribution in [-0.2, 0) is 6.42 Å². The van der Waals surface area contributed by atoms with Crippen LogP contribution in [0.2, 0.25) is 0 Å². The van der Waals surface area contributed by atoms with Gasteiger partial charge in [0.05, 0.1) is 0 Å². The molecule has 0 saturated carbocycles. The summed E-state index contributed by atoms with van der Waals surface area (Å²) < 4.78 is 0. The first-order chi connectivity index (χ1) is 8.70. The van der Waals surface area contributed by atoms with Gasteiger partial charge in [-0.2, -0.15) is 0 Å². The number of hydrogen-bond donors (Lipinski definition) is 1. The van der Waals surface area contributed by atoms with Crippen molar-refractivity contribution in [1.29, 1.82) is 0 Å². The number of aliphatic hydroxyl groups is 1. The Morgan fingerprint density at radius 2 is 1.67 bits per heavy atom. The molecule has 1 aromatic carbocycles. The number of piperazine rings is 1. The van der Waals surface area contributed by atoms with E-state index in [4.69, 9.17) is 5.11 Å². The van der Waals surface area contributed by atoms with E-state index in [-0.39, 0.29) is 6.61 Å². The van der Waals surface area contributed by atoms with E-state index < -0.39 is 0 Å². The minimum atomic E-state index is 0.229. The second-order valence-electron chi connectivity index (χ2n) is 5.26. The van der Waals surface area contributed by atoms with E-state index in [0.29, 0.717) is 6.04 Å². The Labute approximate surface area is 110 Å². The fourth-order valence-electron chi connectivity index (χ4n) is 2.50. The molecule has 0 unspecified atom stereocenters. The molecule has 0 aliphatic carbocycles. The summed E-state index contributed by atoms with van der Waals surface area (Å²) in [5.41, 5.74) is 2.52. The van der Waals surface area contributed by atoms with Gasteiger partial charge in [-0.05, 0) is 38.0 Å². The Morgan fingerprint density at radius 1 is 1.06 bits per heavy atom. The Kier molecular flexibility index (Phi) is 4.61. The van der Waals surface area contributed by atoms with Crippen molar-refractivity contribution in [3.05, 3.63) is 29.8 Å². The average Bonchev–Trinajstić information content (AvgIpc) is 2.40. The predicted octanol–water partition coefficient (Wildman–Crippen LogP) is 1.75. The summed E-state index contributed by atoms with van der Waals surface area (Å²) in [4.78, 5) is 4.97. The molecule has 2 rings (SSSR count). The summed E-state index contributed by atoms with van der Waals surface area (Å²) >= 11 is 0. The quantitative estimate of drug-likeness (QED) is 0.879. The normalized spacial score (nSPS) is 17.4. The lowest BCUT2D eigenvalue weighted by Gasteiger charge is -2.38. The minimum Gasteiger partial charge on any atom is -0.396 e. The SMILES string of the molecule is CC(C)N1CCN(c2ccc(CCO)cc2)CC1. The maximum Gasteiger partial charge on any atom is 0.0471 e. The van der Waals surface area contributed by atoms with Crippen molar-refractivity contribution in [2.75, 3.05) is 37.7 Å². The van der Waals surface area contributed by atoms with Crippen molar-refractivity contribution in [2.24, 2.45) is 0 Å². The Balaban J connectivity index is 1.93. The van der Waals surface area contributed by atoms with Crippen LogP contribution in [0.5, 0.6) is 0 Å². The van der Waals surface area contributed by atoms with E-state index in [2.05, 4.69) is 47.9 Å². The van der Waals surface area contributed by atoms with Gasteiger partial charge in [0.2, 0.25) is 0 Å². The topological polar surface area (TPSA) is 26.7 Å². The first-order valence-electron chi connectivity index (χ1n) is 6.89. The Morgan fingerprint density at radius 3 is 2.17 bits per heavy atom. The highest BCUT2D eigenvalue weighted by atomic mass is 16.2. The minimum absolute atomic E-state index is 0.229. The third-order valence-corrected chi connectivity index (χ3v) is 3.75. The fourth-order valence-corrected chi connectivity index (χ4v) is 2.50. The molecular formula is C15H24N2O. The van der Waals surface area contributed by atoms with Gasteiger partial charge < -0.3 is 10.0 Å². The smallest absolute Gasteiger partial charge is 0.0471 e. The second-order valence-corrected chi connectivity index (χ2v) is 5.26. The van der Waals surface area contributed by atoms with Crippen LogP contribution < -0.4 is 4.90 Å². The van der Waals surface area contributed by atoms with Gasteiger partial charge in [0.15, 0.2) is 0 Å². The molecule has 0 radical (unpaired) electrons. The molecule has 1 aromatic rings. The average molecular weight is 248 g/mol. The van der Waals surface area contributed by atoms with Crippen molar-refractivity contribution in [3.63, 3.8) is 0 Å². The predicted molar refractivity (Wildman–Crippen MR) is 76.2 cm³/mol. The molecule has 1 heterocycles. The third kappa shape index (κ3) is 3.24. The molecule has 1 aliphatic heterocycles. The summed E-state index contributed by atoms with van der Waals surface area (Å²) in [5.74, 6) is 0. The summed E-state index contributed by atoms with van der Waals surface area (Å²) in [6.45, 7) is 9.27. The summed E-state index contributed by atoms with van der Waals surface area (Å²) in [5, 5.41) is 8.90. The molecule has 18 heavy (non-hydrogen) atoms. The molecule has 0 spiro atoms. The number of hydrogen-bond acceptors (Lipinski definition) is 3. The van der Waals surface area contributed by atoms with Crippen molar-refractivity contribution in [3.8, 4) is 0 Å². The van der Waals surface area contributed by atoms with E-state index in [1.165, 1.54) is 11.3 Å². The van der Waals surface area contributed by atoms with Gasteiger partial charge in [0.1, 0.15) is 0 Å². The standard InChI is InChI=1S/C15H24N2O/c1-13(2)16-8-10-17(11-9-16)15-5-3-14(4-6-15)7-12-18/h3-6,13,18H,7-12H2,1-2H3. The third-order valence-electron chi connectivity index (χ3n) is 3.75. The number of anilines is 1. The first kappa shape index (κ1) is 13.4. The van der Waals surface area contributed by atoms with E-state index in [0.717, 1.165) is 32.6 Å². The summed E-state index contributed by atoms with van der Waals surface area (Å²) in [6, 6.07) is 9.26. The van der Waals surface area contributed by atoms with Gasteiger partial charge in [-0.1, -0.05) is 12.1 Å². The fraction of sp³-hybridized carbons (Fsp3) is 0.600. The first-order valence-corrected chi connectivity index (χ1v) is 6.89. The van der Waals surface area contributed by atoms with Gasteiger partial charge in [-0.3, -0.25) is 4.90 Å². The van der Waals surface area contributed by atoms with E-state index in [1.807, 2.05) is 0 Å². The lowest BCUT2D eigenvalue weighted by molar-refractivity contribution is 0.209. The Hall–Kier alpha value is -1.06. The zero-order valence-corrected chi connectivity index (χ0v) is 11.5. The highest BCUT2D eigenvalue weighted by Gasteiger charge is 2.18. The number of rotatable bonds is 4. The monoisotopic (exact) mass is 248 g/mol. The van der Waals surface area contributed by atoms with Crippen LogP contribution in [0.15, 0.2) is 24.3 Å². The molecule has 3 nitrogen and oxygen atoms in total. The van der Waals surface area contributed by atoms with E-state index in [1.54, 1.807) is 0 Å². The maximum absolute atomic E-state index is 8.90. The largest absolute Gasteiger partial charge is 0.396 e. The van der Waals surface area contributed by atoms with E-state index >= 15 is 0 Å². The zero-order valence-electron chi connectivity index (χ0n) is 11.5. The van der Waals surface area contributed by atoms with Gasteiger partial charge in [0.25, 0.3) is 0 Å². The molecule has 0 aromatic heterocycles. The summed E-state index contributed by atoms with van der Waals surface area (Å²) in [7, 11) is 0. The van der Waals surface area contributed by atoms with Crippen molar-refractivity contribution in [2.45, 2.75) is 26.3 Å². The molecule has 1 saturated heterocycles. The molecular weight excluding hydrogens is 224 g/mol. The highest BCUT2D eigenvalue weighted by molar-refractivity contribution is 5.48. The molecule has 100 valence electrons.